The first-order valence-electron chi connectivity index (χ1n) is 4.89. The zero-order chi connectivity index (χ0) is 11.3. The van der Waals surface area contributed by atoms with Crippen molar-refractivity contribution < 1.29 is 14.7 Å². The smallest absolute Gasteiger partial charge is 0.303 e. The van der Waals surface area contributed by atoms with Crippen LogP contribution in [0.2, 0.25) is 0 Å². The molecule has 0 aliphatic heterocycles. The number of aliphatic carboxylic acids is 1. The van der Waals surface area contributed by atoms with Crippen LogP contribution in [-0.2, 0) is 4.79 Å². The third-order valence-electron chi connectivity index (χ3n) is 2.15. The minimum atomic E-state index is -0.858. The van der Waals surface area contributed by atoms with Gasteiger partial charge < -0.3 is 5.11 Å². The topological polar surface area (TPSA) is 54.4 Å². The molecule has 1 N–H and O–H groups in total. The second-order valence-electron chi connectivity index (χ2n) is 3.70. The maximum absolute atomic E-state index is 11.6. The first-order chi connectivity index (χ1) is 7.09. The molecule has 0 spiro atoms. The molecular formula is C12H14O3. The van der Waals surface area contributed by atoms with E-state index in [1.54, 1.807) is 31.2 Å². The summed E-state index contributed by atoms with van der Waals surface area (Å²) in [6, 6.07) is 8.94. The molecule has 1 unspecified atom stereocenters. The van der Waals surface area contributed by atoms with E-state index in [0.29, 0.717) is 5.56 Å². The summed E-state index contributed by atoms with van der Waals surface area (Å²) in [5.74, 6) is -0.970. The lowest BCUT2D eigenvalue weighted by molar-refractivity contribution is -0.137. The van der Waals surface area contributed by atoms with Crippen molar-refractivity contribution >= 4 is 11.8 Å². The number of benzene rings is 1. The lowest BCUT2D eigenvalue weighted by Crippen LogP contribution is -2.10. The molecule has 0 fully saturated rings. The molecule has 0 aliphatic carbocycles. The van der Waals surface area contributed by atoms with Gasteiger partial charge in [-0.05, 0) is 5.92 Å². The summed E-state index contributed by atoms with van der Waals surface area (Å²) in [4.78, 5) is 22.1. The first kappa shape index (κ1) is 11.4. The molecule has 15 heavy (non-hydrogen) atoms. The Balaban J connectivity index is 2.53. The summed E-state index contributed by atoms with van der Waals surface area (Å²) in [6.45, 7) is 1.77. The number of hydrogen-bond acceptors (Lipinski definition) is 2. The number of carboxylic acid groups (broad SMARTS) is 1. The van der Waals surface area contributed by atoms with E-state index < -0.39 is 5.97 Å². The highest BCUT2D eigenvalue weighted by Crippen LogP contribution is 2.12. The highest BCUT2D eigenvalue weighted by Gasteiger charge is 2.13. The molecule has 1 aromatic rings. The zero-order valence-corrected chi connectivity index (χ0v) is 8.64. The van der Waals surface area contributed by atoms with Crippen LogP contribution in [0.25, 0.3) is 0 Å². The van der Waals surface area contributed by atoms with Gasteiger partial charge in [0.2, 0.25) is 0 Å². The van der Waals surface area contributed by atoms with Gasteiger partial charge in [-0.3, -0.25) is 9.59 Å². The summed E-state index contributed by atoms with van der Waals surface area (Å²) >= 11 is 0. The second-order valence-corrected chi connectivity index (χ2v) is 3.70. The average Bonchev–Trinajstić information content (AvgIpc) is 2.17. The third-order valence-corrected chi connectivity index (χ3v) is 2.15. The molecule has 1 aromatic carbocycles. The number of carboxylic acids is 1. The highest BCUT2D eigenvalue weighted by atomic mass is 16.4. The lowest BCUT2D eigenvalue weighted by Gasteiger charge is -2.07. The summed E-state index contributed by atoms with van der Waals surface area (Å²) < 4.78 is 0. The van der Waals surface area contributed by atoms with E-state index >= 15 is 0 Å². The Morgan fingerprint density at radius 2 is 1.80 bits per heavy atom. The predicted octanol–water partition coefficient (Wildman–Crippen LogP) is 2.37. The number of hydrogen-bond donors (Lipinski definition) is 1. The minimum absolute atomic E-state index is 0.00403. The fourth-order valence-corrected chi connectivity index (χ4v) is 1.43. The number of Topliss-reactive ketones (excluding diaryl/α,β-unsaturated/α-hetero) is 1. The van der Waals surface area contributed by atoms with E-state index in [4.69, 9.17) is 5.11 Å². The van der Waals surface area contributed by atoms with E-state index in [1.807, 2.05) is 6.07 Å². The van der Waals surface area contributed by atoms with Crippen LogP contribution in [0.5, 0.6) is 0 Å². The Morgan fingerprint density at radius 1 is 1.20 bits per heavy atom. The normalized spacial score (nSPS) is 12.1. The Bertz CT molecular complexity index is 343. The fraction of sp³-hybridized carbons (Fsp3) is 0.333. The van der Waals surface area contributed by atoms with Crippen LogP contribution in [0.15, 0.2) is 30.3 Å². The Hall–Kier alpha value is -1.64. The summed E-state index contributed by atoms with van der Waals surface area (Å²) in [5.41, 5.74) is 0.648. The van der Waals surface area contributed by atoms with E-state index in [1.165, 1.54) is 0 Å². The number of ketones is 1. The second kappa shape index (κ2) is 5.29. The molecule has 0 heterocycles. The molecular weight excluding hydrogens is 192 g/mol. The fourth-order valence-electron chi connectivity index (χ4n) is 1.43. The molecule has 80 valence electrons. The quantitative estimate of drug-likeness (QED) is 0.752. The molecule has 1 rings (SSSR count). The van der Waals surface area contributed by atoms with Crippen molar-refractivity contribution in [3.63, 3.8) is 0 Å². The van der Waals surface area contributed by atoms with E-state index in [2.05, 4.69) is 0 Å². The molecule has 3 heteroatoms. The summed E-state index contributed by atoms with van der Waals surface area (Å²) in [6.07, 6.45) is 0.328. The van der Waals surface area contributed by atoms with Gasteiger partial charge in [-0.25, -0.2) is 0 Å². The van der Waals surface area contributed by atoms with Crippen molar-refractivity contribution in [1.82, 2.24) is 0 Å². The van der Waals surface area contributed by atoms with Gasteiger partial charge in [0.1, 0.15) is 0 Å². The van der Waals surface area contributed by atoms with Crippen molar-refractivity contribution in [2.45, 2.75) is 19.8 Å². The van der Waals surface area contributed by atoms with Crippen LogP contribution in [-0.4, -0.2) is 16.9 Å². The Kier molecular flexibility index (Phi) is 4.03. The highest BCUT2D eigenvalue weighted by molar-refractivity contribution is 5.96. The molecule has 0 radical (unpaired) electrons. The van der Waals surface area contributed by atoms with Crippen LogP contribution in [0, 0.1) is 5.92 Å². The molecule has 1 atom stereocenters. The van der Waals surface area contributed by atoms with E-state index in [9.17, 15) is 9.59 Å². The van der Waals surface area contributed by atoms with Crippen molar-refractivity contribution in [2.75, 3.05) is 0 Å². The maximum Gasteiger partial charge on any atom is 0.303 e. The van der Waals surface area contributed by atoms with Gasteiger partial charge in [-0.1, -0.05) is 37.3 Å². The van der Waals surface area contributed by atoms with Gasteiger partial charge in [0.25, 0.3) is 0 Å². The average molecular weight is 206 g/mol. The van der Waals surface area contributed by atoms with Gasteiger partial charge in [0.15, 0.2) is 5.78 Å². The summed E-state index contributed by atoms with van der Waals surface area (Å²) in [5, 5.41) is 8.56. The van der Waals surface area contributed by atoms with E-state index in [-0.39, 0.29) is 24.5 Å². The minimum Gasteiger partial charge on any atom is -0.481 e. The predicted molar refractivity (Wildman–Crippen MR) is 56.8 cm³/mol. The molecule has 3 nitrogen and oxygen atoms in total. The molecule has 0 aromatic heterocycles. The van der Waals surface area contributed by atoms with Crippen molar-refractivity contribution in [2.24, 2.45) is 5.92 Å². The Morgan fingerprint density at radius 3 is 2.33 bits per heavy atom. The van der Waals surface area contributed by atoms with E-state index in [0.717, 1.165) is 0 Å². The summed E-state index contributed by atoms with van der Waals surface area (Å²) in [7, 11) is 0. The monoisotopic (exact) mass is 206 g/mol. The number of carbonyl (C=O) groups excluding carboxylic acids is 1. The molecule has 0 bridgehead atoms. The van der Waals surface area contributed by atoms with Gasteiger partial charge in [-0.15, -0.1) is 0 Å². The third kappa shape index (κ3) is 3.94. The van der Waals surface area contributed by atoms with Gasteiger partial charge in [0.05, 0.1) is 0 Å². The lowest BCUT2D eigenvalue weighted by atomic mass is 9.97. The van der Waals surface area contributed by atoms with Crippen LogP contribution < -0.4 is 0 Å². The SMILES string of the molecule is CC(CC(=O)O)CC(=O)c1ccccc1. The molecule has 0 saturated heterocycles. The van der Waals surface area contributed by atoms with Crippen molar-refractivity contribution in [1.29, 1.82) is 0 Å². The number of carbonyl (C=O) groups is 2. The maximum atomic E-state index is 11.6. The van der Waals surface area contributed by atoms with Gasteiger partial charge >= 0.3 is 5.97 Å². The largest absolute Gasteiger partial charge is 0.481 e. The van der Waals surface area contributed by atoms with Crippen LogP contribution in [0.3, 0.4) is 0 Å². The van der Waals surface area contributed by atoms with Gasteiger partial charge in [-0.2, -0.15) is 0 Å². The number of rotatable bonds is 5. The molecule has 0 aliphatic rings. The van der Waals surface area contributed by atoms with Crippen LogP contribution >= 0.6 is 0 Å². The first-order valence-corrected chi connectivity index (χ1v) is 4.89. The zero-order valence-electron chi connectivity index (χ0n) is 8.64. The molecule has 0 amide bonds. The van der Waals surface area contributed by atoms with Crippen LogP contribution in [0.4, 0.5) is 0 Å². The Labute approximate surface area is 88.7 Å². The van der Waals surface area contributed by atoms with Gasteiger partial charge in [0, 0.05) is 18.4 Å². The van der Waals surface area contributed by atoms with Crippen molar-refractivity contribution in [3.05, 3.63) is 35.9 Å². The molecule has 0 saturated carbocycles. The van der Waals surface area contributed by atoms with Crippen molar-refractivity contribution in [3.8, 4) is 0 Å². The standard InChI is InChI=1S/C12H14O3/c1-9(8-12(14)15)7-11(13)10-5-3-2-4-6-10/h2-6,9H,7-8H2,1H3,(H,14,15). The van der Waals surface area contributed by atoms with Crippen LogP contribution in [0.1, 0.15) is 30.1 Å².